The number of benzene rings is 1. The molecule has 0 unspecified atom stereocenters. The summed E-state index contributed by atoms with van der Waals surface area (Å²) in [6, 6.07) is 9.93. The van der Waals surface area contributed by atoms with Crippen LogP contribution < -0.4 is 0 Å². The average molecular weight is 382 g/mol. The molecule has 1 aromatic rings. The summed E-state index contributed by atoms with van der Waals surface area (Å²) in [7, 11) is 2.94. The normalized spacial score (nSPS) is 35.6. The number of carbonyl (C=O) groups excluding carboxylic acids is 4. The van der Waals surface area contributed by atoms with Crippen molar-refractivity contribution in [2.45, 2.75) is 24.7 Å². The molecule has 4 amide bonds. The Kier molecular flexibility index (Phi) is 3.57. The molecule has 8 heteroatoms. The number of likely N-dealkylation sites (N-methyl/N-ethyl adjacent to an activating group) is 1. The van der Waals surface area contributed by atoms with Gasteiger partial charge in [-0.25, -0.2) is 0 Å². The van der Waals surface area contributed by atoms with Crippen LogP contribution in [0.25, 0.3) is 0 Å². The summed E-state index contributed by atoms with van der Waals surface area (Å²) in [4.78, 5) is 58.0. The fraction of sp³-hybridized carbons (Fsp3) is 0.500. The van der Waals surface area contributed by atoms with Gasteiger partial charge in [-0.1, -0.05) is 30.3 Å². The smallest absolute Gasteiger partial charge is 0.250 e. The first-order valence-corrected chi connectivity index (χ1v) is 9.55. The highest BCUT2D eigenvalue weighted by atomic mass is 16.2. The SMILES string of the molecule is CN1C(=O)[C@H]2[C@H]3N(Cc4ccccc4)CCN3[C@@]3(CC(=O)N(C)C3=O)[C@H]2C1=O. The molecule has 4 atom stereocenters. The molecule has 4 aliphatic rings. The molecular weight excluding hydrogens is 360 g/mol. The van der Waals surface area contributed by atoms with E-state index in [0.29, 0.717) is 19.6 Å². The lowest BCUT2D eigenvalue weighted by Crippen LogP contribution is -2.57. The predicted molar refractivity (Wildman–Crippen MR) is 97.2 cm³/mol. The Morgan fingerprint density at radius 2 is 1.68 bits per heavy atom. The topological polar surface area (TPSA) is 81.2 Å². The first-order valence-electron chi connectivity index (χ1n) is 9.55. The number of hydrogen-bond donors (Lipinski definition) is 0. The second-order valence-corrected chi connectivity index (χ2v) is 8.16. The third-order valence-electron chi connectivity index (χ3n) is 6.94. The van der Waals surface area contributed by atoms with Gasteiger partial charge in [0.15, 0.2) is 0 Å². The van der Waals surface area contributed by atoms with Crippen LogP contribution in [0.3, 0.4) is 0 Å². The molecule has 1 aromatic carbocycles. The second kappa shape index (κ2) is 5.71. The fourth-order valence-electron chi connectivity index (χ4n) is 5.66. The molecule has 4 saturated heterocycles. The zero-order valence-electron chi connectivity index (χ0n) is 15.9. The van der Waals surface area contributed by atoms with Crippen LogP contribution in [0.4, 0.5) is 0 Å². The van der Waals surface area contributed by atoms with Crippen LogP contribution in [0.2, 0.25) is 0 Å². The maximum atomic E-state index is 13.2. The van der Waals surface area contributed by atoms with E-state index in [1.165, 1.54) is 14.1 Å². The van der Waals surface area contributed by atoms with Crippen molar-refractivity contribution in [1.29, 1.82) is 0 Å². The van der Waals surface area contributed by atoms with Crippen molar-refractivity contribution in [3.8, 4) is 0 Å². The molecule has 28 heavy (non-hydrogen) atoms. The van der Waals surface area contributed by atoms with E-state index in [1.54, 1.807) is 0 Å². The number of hydrogen-bond acceptors (Lipinski definition) is 6. The zero-order chi connectivity index (χ0) is 19.8. The van der Waals surface area contributed by atoms with Gasteiger partial charge in [-0.15, -0.1) is 0 Å². The van der Waals surface area contributed by atoms with Gasteiger partial charge in [0.25, 0.3) is 5.91 Å². The lowest BCUT2D eigenvalue weighted by Gasteiger charge is -2.35. The summed E-state index contributed by atoms with van der Waals surface area (Å²) in [5.41, 5.74) is -0.123. The average Bonchev–Trinajstić information content (AvgIpc) is 3.35. The first-order chi connectivity index (χ1) is 13.4. The molecule has 0 saturated carbocycles. The Bertz CT molecular complexity index is 903. The Hall–Kier alpha value is -2.58. The molecule has 4 heterocycles. The Labute approximate surface area is 162 Å². The third-order valence-corrected chi connectivity index (χ3v) is 6.94. The number of imide groups is 2. The minimum atomic E-state index is -1.23. The maximum Gasteiger partial charge on any atom is 0.250 e. The van der Waals surface area contributed by atoms with Crippen molar-refractivity contribution in [3.05, 3.63) is 35.9 Å². The summed E-state index contributed by atoms with van der Waals surface area (Å²) >= 11 is 0. The van der Waals surface area contributed by atoms with E-state index in [-0.39, 0.29) is 36.2 Å². The van der Waals surface area contributed by atoms with Gasteiger partial charge in [-0.2, -0.15) is 0 Å². The number of fused-ring (bicyclic) bond motifs is 5. The van der Waals surface area contributed by atoms with Crippen molar-refractivity contribution in [1.82, 2.24) is 19.6 Å². The van der Waals surface area contributed by atoms with Gasteiger partial charge < -0.3 is 0 Å². The Morgan fingerprint density at radius 1 is 0.964 bits per heavy atom. The zero-order valence-corrected chi connectivity index (χ0v) is 15.9. The van der Waals surface area contributed by atoms with Crippen LogP contribution in [-0.4, -0.2) is 82.1 Å². The lowest BCUT2D eigenvalue weighted by atomic mass is 9.79. The third kappa shape index (κ3) is 1.96. The van der Waals surface area contributed by atoms with Crippen LogP contribution in [-0.2, 0) is 25.7 Å². The van der Waals surface area contributed by atoms with Crippen LogP contribution in [0.15, 0.2) is 30.3 Å². The van der Waals surface area contributed by atoms with Gasteiger partial charge in [0, 0.05) is 33.7 Å². The van der Waals surface area contributed by atoms with Crippen molar-refractivity contribution >= 4 is 23.6 Å². The lowest BCUT2D eigenvalue weighted by molar-refractivity contribution is -0.148. The molecule has 0 aliphatic carbocycles. The molecular formula is C20H22N4O4. The number of likely N-dealkylation sites (tertiary alicyclic amines) is 2. The minimum absolute atomic E-state index is 0.0357. The van der Waals surface area contributed by atoms with Gasteiger partial charge in [0.1, 0.15) is 5.54 Å². The van der Waals surface area contributed by atoms with Gasteiger partial charge in [0.2, 0.25) is 17.7 Å². The standard InChI is InChI=1S/C20H22N4O4/c1-21-13(25)10-20(19(21)28)15-14(17(26)22(2)18(15)27)16-23(8-9-24(16)20)11-12-6-4-3-5-7-12/h3-7,14-16H,8-11H2,1-2H3/t14-,15-,16+,20+/m1/s1. The number of rotatable bonds is 2. The Balaban J connectivity index is 1.59. The summed E-state index contributed by atoms with van der Waals surface area (Å²) in [6.07, 6.45) is -0.388. The van der Waals surface area contributed by atoms with Crippen molar-refractivity contribution in [3.63, 3.8) is 0 Å². The van der Waals surface area contributed by atoms with Crippen LogP contribution in [0.1, 0.15) is 12.0 Å². The van der Waals surface area contributed by atoms with Crippen molar-refractivity contribution < 1.29 is 19.2 Å². The number of amides is 4. The number of carbonyl (C=O) groups is 4. The molecule has 1 spiro atoms. The predicted octanol–water partition coefficient (Wildman–Crippen LogP) is -0.498. The van der Waals surface area contributed by atoms with E-state index >= 15 is 0 Å². The molecule has 4 fully saturated rings. The van der Waals surface area contributed by atoms with E-state index < -0.39 is 17.4 Å². The molecule has 146 valence electrons. The van der Waals surface area contributed by atoms with Gasteiger partial charge in [-0.3, -0.25) is 38.8 Å². The summed E-state index contributed by atoms with van der Waals surface area (Å²) in [5, 5.41) is 0. The van der Waals surface area contributed by atoms with E-state index in [1.807, 2.05) is 35.2 Å². The van der Waals surface area contributed by atoms with Gasteiger partial charge in [-0.05, 0) is 5.56 Å². The summed E-state index contributed by atoms with van der Waals surface area (Å²) < 4.78 is 0. The molecule has 5 rings (SSSR count). The van der Waals surface area contributed by atoms with Crippen molar-refractivity contribution in [2.24, 2.45) is 11.8 Å². The van der Waals surface area contributed by atoms with E-state index in [4.69, 9.17) is 0 Å². The van der Waals surface area contributed by atoms with Gasteiger partial charge >= 0.3 is 0 Å². The number of nitrogens with zero attached hydrogens (tertiary/aromatic N) is 4. The summed E-state index contributed by atoms with van der Waals surface area (Å²) in [6.45, 7) is 1.87. The van der Waals surface area contributed by atoms with Crippen molar-refractivity contribution in [2.75, 3.05) is 27.2 Å². The molecule has 8 nitrogen and oxygen atoms in total. The van der Waals surface area contributed by atoms with E-state index in [9.17, 15) is 19.2 Å². The molecule has 4 aliphatic heterocycles. The molecule has 0 N–H and O–H groups in total. The highest BCUT2D eigenvalue weighted by Gasteiger charge is 2.75. The quantitative estimate of drug-likeness (QED) is 0.642. The first kappa shape index (κ1) is 17.5. The van der Waals surface area contributed by atoms with Crippen LogP contribution in [0, 0.1) is 11.8 Å². The highest BCUT2D eigenvalue weighted by Crippen LogP contribution is 2.55. The van der Waals surface area contributed by atoms with Crippen LogP contribution in [0.5, 0.6) is 0 Å². The molecule has 0 radical (unpaired) electrons. The second-order valence-electron chi connectivity index (χ2n) is 8.16. The maximum absolute atomic E-state index is 13.2. The summed E-state index contributed by atoms with van der Waals surface area (Å²) in [5.74, 6) is -2.66. The largest absolute Gasteiger partial charge is 0.285 e. The Morgan fingerprint density at radius 3 is 2.32 bits per heavy atom. The van der Waals surface area contributed by atoms with E-state index in [0.717, 1.165) is 15.4 Å². The van der Waals surface area contributed by atoms with Crippen LogP contribution >= 0.6 is 0 Å². The monoisotopic (exact) mass is 382 g/mol. The van der Waals surface area contributed by atoms with E-state index in [2.05, 4.69) is 4.90 Å². The molecule has 0 bridgehead atoms. The molecule has 0 aromatic heterocycles. The highest BCUT2D eigenvalue weighted by molar-refractivity contribution is 6.15. The fourth-order valence-corrected chi connectivity index (χ4v) is 5.66. The minimum Gasteiger partial charge on any atom is -0.285 e. The van der Waals surface area contributed by atoms with Gasteiger partial charge in [0.05, 0.1) is 24.4 Å².